The normalized spacial score (nSPS) is 11.6. The number of nitrogens with one attached hydrogen (secondary N) is 1. The van der Waals surface area contributed by atoms with Crippen molar-refractivity contribution < 1.29 is 34.1 Å². The Morgan fingerprint density at radius 2 is 1.90 bits per heavy atom. The van der Waals surface area contributed by atoms with Crippen LogP contribution in [0.2, 0.25) is 0 Å². The van der Waals surface area contributed by atoms with Gasteiger partial charge in [0.1, 0.15) is 17.9 Å². The van der Waals surface area contributed by atoms with Crippen molar-refractivity contribution in [3.05, 3.63) is 62.6 Å². The number of carbonyl (C=O) groups excluding carboxylic acids is 3. The van der Waals surface area contributed by atoms with E-state index in [0.29, 0.717) is 11.3 Å². The van der Waals surface area contributed by atoms with Crippen LogP contribution in [0.5, 0.6) is 5.75 Å². The lowest BCUT2D eigenvalue weighted by molar-refractivity contribution is -0.191. The molecular formula is C19H18N2O8. The zero-order valence-electron chi connectivity index (χ0n) is 15.4. The molecular weight excluding hydrogens is 384 g/mol. The summed E-state index contributed by atoms with van der Waals surface area (Å²) in [7, 11) is 0. The van der Waals surface area contributed by atoms with Gasteiger partial charge in [-0.3, -0.25) is 14.4 Å². The van der Waals surface area contributed by atoms with Gasteiger partial charge in [0, 0.05) is 5.56 Å². The van der Waals surface area contributed by atoms with Crippen molar-refractivity contribution in [2.45, 2.75) is 26.7 Å². The minimum atomic E-state index is -1.25. The van der Waals surface area contributed by atoms with E-state index < -0.39 is 35.3 Å². The molecule has 0 fully saturated rings. The number of aliphatic carboxylic acids is 1. The molecule has 1 aromatic heterocycles. The first-order valence-electron chi connectivity index (χ1n) is 8.40. The van der Waals surface area contributed by atoms with Crippen LogP contribution in [0.25, 0.3) is 0 Å². The Hall–Kier alpha value is -3.75. The van der Waals surface area contributed by atoms with E-state index in [1.807, 2.05) is 31.2 Å². The van der Waals surface area contributed by atoms with Crippen LogP contribution >= 0.6 is 0 Å². The number of aryl methyl sites for hydroxylation is 1. The fourth-order valence-corrected chi connectivity index (χ4v) is 2.95. The number of amides is 1. The molecule has 3 N–H and O–H groups in total. The van der Waals surface area contributed by atoms with Gasteiger partial charge in [0.05, 0.1) is 25.5 Å². The Morgan fingerprint density at radius 1 is 1.24 bits per heavy atom. The molecule has 0 saturated carbocycles. The average Bonchev–Trinajstić information content (AvgIpc) is 3.15. The molecule has 1 aliphatic heterocycles. The van der Waals surface area contributed by atoms with Gasteiger partial charge in [0.2, 0.25) is 0 Å². The predicted molar refractivity (Wildman–Crippen MR) is 96.1 cm³/mol. The largest absolute Gasteiger partial charge is 0.506 e. The lowest BCUT2D eigenvalue weighted by Gasteiger charge is -2.16. The van der Waals surface area contributed by atoms with Crippen LogP contribution in [0.4, 0.5) is 0 Å². The predicted octanol–water partition coefficient (Wildman–Crippen LogP) is 0.172. The van der Waals surface area contributed by atoms with Gasteiger partial charge in [-0.1, -0.05) is 24.3 Å². The van der Waals surface area contributed by atoms with Crippen LogP contribution in [0.1, 0.15) is 32.7 Å². The molecule has 0 aliphatic carbocycles. The lowest BCUT2D eigenvalue weighted by atomic mass is 10.1. The monoisotopic (exact) mass is 402 g/mol. The Labute approximate surface area is 164 Å². The Balaban J connectivity index is 0.000000941. The molecule has 1 aromatic carbocycles. The summed E-state index contributed by atoms with van der Waals surface area (Å²) in [6.07, 6.45) is 0.250. The van der Waals surface area contributed by atoms with Gasteiger partial charge >= 0.3 is 12.1 Å². The zero-order valence-corrected chi connectivity index (χ0v) is 15.4. The molecule has 2 heterocycles. The highest BCUT2D eigenvalue weighted by atomic mass is 16.5. The lowest BCUT2D eigenvalue weighted by Crippen LogP contribution is -2.37. The van der Waals surface area contributed by atoms with Crippen molar-refractivity contribution in [3.8, 4) is 5.75 Å². The standard InChI is InChI=1S/C18H18N2O6.CO2/c1-10-4-2-3-5-11(10)7-20-13-9-26-8-12(13)16(23)15(18(20)25)17(24)19-6-14(21)22;2-1-3/h2-5,23H,6-9H2,1H3,(H,19,24)(H,21,22);. The number of carboxylic acid groups (broad SMARTS) is 1. The van der Waals surface area contributed by atoms with E-state index in [0.717, 1.165) is 11.1 Å². The third-order valence-electron chi connectivity index (χ3n) is 4.36. The van der Waals surface area contributed by atoms with Crippen molar-refractivity contribution in [2.75, 3.05) is 6.54 Å². The summed E-state index contributed by atoms with van der Waals surface area (Å²) >= 11 is 0. The number of pyridine rings is 1. The third kappa shape index (κ3) is 4.75. The number of hydrogen-bond donors (Lipinski definition) is 3. The number of rotatable bonds is 5. The SMILES string of the molecule is Cc1ccccc1Cn1c2c(c(O)c(C(=O)NCC(=O)O)c1=O)COC2.O=C=O. The number of carbonyl (C=O) groups is 2. The molecule has 29 heavy (non-hydrogen) atoms. The highest BCUT2D eigenvalue weighted by Crippen LogP contribution is 2.30. The number of aromatic nitrogens is 1. The molecule has 1 amide bonds. The number of aromatic hydroxyl groups is 1. The van der Waals surface area contributed by atoms with Crippen molar-refractivity contribution in [3.63, 3.8) is 0 Å². The molecule has 0 bridgehead atoms. The van der Waals surface area contributed by atoms with Gasteiger partial charge in [-0.05, 0) is 18.1 Å². The summed E-state index contributed by atoms with van der Waals surface area (Å²) in [5.74, 6) is -2.63. The zero-order chi connectivity index (χ0) is 21.6. The first kappa shape index (κ1) is 21.5. The van der Waals surface area contributed by atoms with Gasteiger partial charge in [-0.25, -0.2) is 0 Å². The minimum Gasteiger partial charge on any atom is -0.506 e. The van der Waals surface area contributed by atoms with Crippen LogP contribution in [0.3, 0.4) is 0 Å². The molecule has 10 nitrogen and oxygen atoms in total. The summed E-state index contributed by atoms with van der Waals surface area (Å²) in [5.41, 5.74) is 1.62. The molecule has 0 spiro atoms. The third-order valence-corrected chi connectivity index (χ3v) is 4.36. The number of hydrogen-bond acceptors (Lipinski definition) is 7. The first-order valence-corrected chi connectivity index (χ1v) is 8.40. The number of nitrogens with zero attached hydrogens (tertiary/aromatic N) is 1. The average molecular weight is 402 g/mol. The van der Waals surface area contributed by atoms with E-state index >= 15 is 0 Å². The van der Waals surface area contributed by atoms with Gasteiger partial charge in [-0.2, -0.15) is 9.59 Å². The summed E-state index contributed by atoms with van der Waals surface area (Å²) in [4.78, 5) is 52.1. The Bertz CT molecular complexity index is 1040. The van der Waals surface area contributed by atoms with Crippen molar-refractivity contribution in [1.82, 2.24) is 9.88 Å². The van der Waals surface area contributed by atoms with E-state index in [4.69, 9.17) is 19.4 Å². The van der Waals surface area contributed by atoms with E-state index in [1.54, 1.807) is 0 Å². The van der Waals surface area contributed by atoms with Crippen molar-refractivity contribution >= 4 is 18.0 Å². The molecule has 0 atom stereocenters. The van der Waals surface area contributed by atoms with Crippen LogP contribution in [-0.4, -0.2) is 39.4 Å². The molecule has 10 heteroatoms. The number of fused-ring (bicyclic) bond motifs is 1. The van der Waals surface area contributed by atoms with Crippen LogP contribution in [-0.2, 0) is 38.9 Å². The number of ether oxygens (including phenoxy) is 1. The molecule has 3 rings (SSSR count). The quantitative estimate of drug-likeness (QED) is 0.640. The number of benzene rings is 1. The topological polar surface area (TPSA) is 152 Å². The molecule has 2 aromatic rings. The molecule has 152 valence electrons. The first-order chi connectivity index (χ1) is 13.8. The maximum atomic E-state index is 12.9. The highest BCUT2D eigenvalue weighted by Gasteiger charge is 2.29. The maximum absolute atomic E-state index is 12.9. The molecule has 0 saturated heterocycles. The van der Waals surface area contributed by atoms with E-state index in [9.17, 15) is 19.5 Å². The van der Waals surface area contributed by atoms with E-state index in [1.165, 1.54) is 4.57 Å². The number of carboxylic acids is 1. The second-order valence-electron chi connectivity index (χ2n) is 6.12. The van der Waals surface area contributed by atoms with Gasteiger partial charge in [0.15, 0.2) is 0 Å². The smallest absolute Gasteiger partial charge is 0.373 e. The second-order valence-corrected chi connectivity index (χ2v) is 6.12. The summed E-state index contributed by atoms with van der Waals surface area (Å²) in [6, 6.07) is 7.53. The van der Waals surface area contributed by atoms with E-state index in [-0.39, 0.29) is 25.9 Å². The minimum absolute atomic E-state index is 0.0778. The maximum Gasteiger partial charge on any atom is 0.373 e. The molecule has 0 radical (unpaired) electrons. The van der Waals surface area contributed by atoms with Crippen molar-refractivity contribution in [1.29, 1.82) is 0 Å². The summed E-state index contributed by atoms with van der Waals surface area (Å²) in [5, 5.41) is 21.2. The van der Waals surface area contributed by atoms with Crippen LogP contribution in [0.15, 0.2) is 29.1 Å². The Kier molecular flexibility index (Phi) is 7.02. The summed E-state index contributed by atoms with van der Waals surface area (Å²) in [6.45, 7) is 1.72. The van der Waals surface area contributed by atoms with Crippen LogP contribution in [0, 0.1) is 6.92 Å². The molecule has 1 aliphatic rings. The van der Waals surface area contributed by atoms with Gasteiger partial charge in [-0.15, -0.1) is 0 Å². The van der Waals surface area contributed by atoms with Crippen LogP contribution < -0.4 is 10.9 Å². The molecule has 0 unspecified atom stereocenters. The van der Waals surface area contributed by atoms with Gasteiger partial charge < -0.3 is 24.8 Å². The van der Waals surface area contributed by atoms with Gasteiger partial charge in [0.25, 0.3) is 11.5 Å². The van der Waals surface area contributed by atoms with E-state index in [2.05, 4.69) is 5.32 Å². The Morgan fingerprint density at radius 3 is 2.52 bits per heavy atom. The fourth-order valence-electron chi connectivity index (χ4n) is 2.95. The fraction of sp³-hybridized carbons (Fsp3) is 0.263. The summed E-state index contributed by atoms with van der Waals surface area (Å²) < 4.78 is 6.75. The second kappa shape index (κ2) is 9.45. The highest BCUT2D eigenvalue weighted by molar-refractivity contribution is 5.98. The van der Waals surface area contributed by atoms with Crippen molar-refractivity contribution in [2.24, 2.45) is 0 Å².